The van der Waals surface area contributed by atoms with Gasteiger partial charge in [0.2, 0.25) is 0 Å². The molecule has 0 aliphatic carbocycles. The lowest BCUT2D eigenvalue weighted by atomic mass is 10.2. The third kappa shape index (κ3) is 2.03. The van der Waals surface area contributed by atoms with Gasteiger partial charge in [0.25, 0.3) is 0 Å². The molecule has 96 valence electrons. The minimum absolute atomic E-state index is 0.276. The normalized spacial score (nSPS) is 11.1. The molecule has 0 unspecified atom stereocenters. The Morgan fingerprint density at radius 2 is 2.05 bits per heavy atom. The summed E-state index contributed by atoms with van der Waals surface area (Å²) >= 11 is 8.87. The first-order chi connectivity index (χ1) is 9.08. The third-order valence-corrected chi connectivity index (χ3v) is 4.27. The highest BCUT2D eigenvalue weighted by atomic mass is 79.9. The zero-order valence-corrected chi connectivity index (χ0v) is 12.5. The van der Waals surface area contributed by atoms with Gasteiger partial charge < -0.3 is 4.98 Å². The van der Waals surface area contributed by atoms with Crippen LogP contribution in [0.15, 0.2) is 40.9 Å². The molecule has 0 fully saturated rings. The Morgan fingerprint density at radius 3 is 2.84 bits per heavy atom. The first-order valence-electron chi connectivity index (χ1n) is 5.73. The van der Waals surface area contributed by atoms with Crippen LogP contribution in [0.4, 0.5) is 4.39 Å². The first kappa shape index (κ1) is 12.6. The van der Waals surface area contributed by atoms with Crippen molar-refractivity contribution in [2.75, 3.05) is 0 Å². The van der Waals surface area contributed by atoms with E-state index in [0.29, 0.717) is 10.3 Å². The van der Waals surface area contributed by atoms with Crippen molar-refractivity contribution >= 4 is 39.2 Å². The first-order valence-corrected chi connectivity index (χ1v) is 6.94. The number of benzene rings is 2. The van der Waals surface area contributed by atoms with Crippen LogP contribution in [0.3, 0.4) is 0 Å². The monoisotopic (exact) mass is 336 g/mol. The van der Waals surface area contributed by atoms with Crippen LogP contribution in [0.1, 0.15) is 5.56 Å². The van der Waals surface area contributed by atoms with Crippen molar-refractivity contribution in [3.63, 3.8) is 0 Å². The van der Waals surface area contributed by atoms with E-state index >= 15 is 0 Å². The number of rotatable bonds is 1. The number of H-pyrrole nitrogens is 1. The summed E-state index contributed by atoms with van der Waals surface area (Å²) in [6.07, 6.45) is 0. The quantitative estimate of drug-likeness (QED) is 0.627. The number of hydrogen-bond donors (Lipinski definition) is 1. The van der Waals surface area contributed by atoms with E-state index < -0.39 is 0 Å². The smallest absolute Gasteiger partial charge is 0.182 e. The fourth-order valence-corrected chi connectivity index (χ4v) is 2.82. The second-order valence-electron chi connectivity index (χ2n) is 4.31. The Hall–Kier alpha value is -1.46. The molecule has 2 aromatic carbocycles. The summed E-state index contributed by atoms with van der Waals surface area (Å²) in [5, 5.41) is 0. The minimum atomic E-state index is -0.276. The van der Waals surface area contributed by atoms with Crippen LogP contribution in [0.25, 0.3) is 16.7 Å². The van der Waals surface area contributed by atoms with Gasteiger partial charge >= 0.3 is 0 Å². The molecule has 1 heterocycles. The van der Waals surface area contributed by atoms with E-state index in [1.54, 1.807) is 6.07 Å². The Bertz CT molecular complexity index is 835. The van der Waals surface area contributed by atoms with Gasteiger partial charge in [0, 0.05) is 4.47 Å². The summed E-state index contributed by atoms with van der Waals surface area (Å²) in [6, 6.07) is 10.6. The molecule has 1 N–H and O–H groups in total. The van der Waals surface area contributed by atoms with Crippen molar-refractivity contribution in [2.45, 2.75) is 6.92 Å². The molecular formula is C14H10BrFN2S. The molecule has 3 aromatic rings. The van der Waals surface area contributed by atoms with Crippen molar-refractivity contribution in [2.24, 2.45) is 0 Å². The molecule has 1 aromatic heterocycles. The van der Waals surface area contributed by atoms with Gasteiger partial charge in [-0.1, -0.05) is 22.0 Å². The van der Waals surface area contributed by atoms with E-state index in [4.69, 9.17) is 12.2 Å². The zero-order valence-electron chi connectivity index (χ0n) is 10.1. The maximum absolute atomic E-state index is 13.3. The second kappa shape index (κ2) is 4.58. The van der Waals surface area contributed by atoms with E-state index in [1.165, 1.54) is 12.1 Å². The summed E-state index contributed by atoms with van der Waals surface area (Å²) < 4.78 is 16.7. The van der Waals surface area contributed by atoms with Crippen molar-refractivity contribution in [3.8, 4) is 5.69 Å². The van der Waals surface area contributed by atoms with Crippen LogP contribution < -0.4 is 0 Å². The lowest BCUT2D eigenvalue weighted by Crippen LogP contribution is -1.97. The van der Waals surface area contributed by atoms with Crippen molar-refractivity contribution in [3.05, 3.63) is 57.0 Å². The Labute approximate surface area is 123 Å². The standard InChI is InChI=1S/C14H10BrFN2S/c1-8-10(15)3-2-4-12(8)18-13-6-5-9(16)7-11(13)17-14(18)19/h2-7H,1H3,(H,17,19). The van der Waals surface area contributed by atoms with Gasteiger partial charge in [-0.05, 0) is 55.0 Å². The Balaban J connectivity index is 2.40. The zero-order chi connectivity index (χ0) is 13.6. The molecule has 0 aliphatic rings. The number of aromatic amines is 1. The van der Waals surface area contributed by atoms with Crippen molar-refractivity contribution < 1.29 is 4.39 Å². The molecular weight excluding hydrogens is 327 g/mol. The largest absolute Gasteiger partial charge is 0.330 e. The molecule has 0 saturated carbocycles. The highest BCUT2D eigenvalue weighted by Gasteiger charge is 2.10. The number of nitrogens with one attached hydrogen (secondary N) is 1. The van der Waals surface area contributed by atoms with E-state index in [-0.39, 0.29) is 5.82 Å². The molecule has 0 bridgehead atoms. The summed E-state index contributed by atoms with van der Waals surface area (Å²) in [7, 11) is 0. The van der Waals surface area contributed by atoms with Crippen molar-refractivity contribution in [1.82, 2.24) is 9.55 Å². The van der Waals surface area contributed by atoms with Gasteiger partial charge in [0.1, 0.15) is 5.82 Å². The van der Waals surface area contributed by atoms with Gasteiger partial charge in [0.05, 0.1) is 16.7 Å². The van der Waals surface area contributed by atoms with Gasteiger partial charge in [-0.25, -0.2) is 4.39 Å². The minimum Gasteiger partial charge on any atom is -0.330 e. The van der Waals surface area contributed by atoms with Gasteiger partial charge in [-0.15, -0.1) is 0 Å². The fraction of sp³-hybridized carbons (Fsp3) is 0.0714. The molecule has 19 heavy (non-hydrogen) atoms. The highest BCUT2D eigenvalue weighted by Crippen LogP contribution is 2.26. The maximum Gasteiger partial charge on any atom is 0.182 e. The van der Waals surface area contributed by atoms with E-state index in [9.17, 15) is 4.39 Å². The average Bonchev–Trinajstić information content (AvgIpc) is 2.68. The third-order valence-electron chi connectivity index (χ3n) is 3.12. The summed E-state index contributed by atoms with van der Waals surface area (Å²) in [6.45, 7) is 2.02. The number of nitrogens with zero attached hydrogens (tertiary/aromatic N) is 1. The predicted octanol–water partition coefficient (Wildman–Crippen LogP) is 4.90. The highest BCUT2D eigenvalue weighted by molar-refractivity contribution is 9.10. The van der Waals surface area contributed by atoms with Crippen LogP contribution in [0.5, 0.6) is 0 Å². The lowest BCUT2D eigenvalue weighted by molar-refractivity contribution is 0.629. The molecule has 0 aliphatic heterocycles. The van der Waals surface area contributed by atoms with Crippen LogP contribution >= 0.6 is 28.1 Å². The van der Waals surface area contributed by atoms with Crippen LogP contribution in [-0.2, 0) is 0 Å². The van der Waals surface area contributed by atoms with E-state index in [2.05, 4.69) is 20.9 Å². The van der Waals surface area contributed by atoms with Gasteiger partial charge in [0.15, 0.2) is 4.77 Å². The number of aromatic nitrogens is 2. The molecule has 3 rings (SSSR count). The van der Waals surface area contributed by atoms with E-state index in [0.717, 1.165) is 21.2 Å². The van der Waals surface area contributed by atoms with Crippen LogP contribution in [-0.4, -0.2) is 9.55 Å². The molecule has 2 nitrogen and oxygen atoms in total. The van der Waals surface area contributed by atoms with Gasteiger partial charge in [-0.2, -0.15) is 0 Å². The SMILES string of the molecule is Cc1c(Br)cccc1-n1c(=S)[nH]c2cc(F)ccc21. The summed E-state index contributed by atoms with van der Waals surface area (Å²) in [5.74, 6) is -0.276. The second-order valence-corrected chi connectivity index (χ2v) is 5.55. The predicted molar refractivity (Wildman–Crippen MR) is 80.9 cm³/mol. The Kier molecular flexibility index (Phi) is 3.03. The topological polar surface area (TPSA) is 20.7 Å². The summed E-state index contributed by atoms with van der Waals surface area (Å²) in [5.41, 5.74) is 3.64. The van der Waals surface area contributed by atoms with Crippen molar-refractivity contribution in [1.29, 1.82) is 0 Å². The number of hydrogen-bond acceptors (Lipinski definition) is 1. The maximum atomic E-state index is 13.3. The molecule has 5 heteroatoms. The van der Waals surface area contributed by atoms with Gasteiger partial charge in [-0.3, -0.25) is 4.57 Å². The molecule has 0 spiro atoms. The molecule has 0 radical (unpaired) electrons. The number of halogens is 2. The van der Waals surface area contributed by atoms with Crippen LogP contribution in [0.2, 0.25) is 0 Å². The van der Waals surface area contributed by atoms with Crippen LogP contribution in [0, 0.1) is 17.5 Å². The lowest BCUT2D eigenvalue weighted by Gasteiger charge is -2.09. The Morgan fingerprint density at radius 1 is 1.26 bits per heavy atom. The van der Waals surface area contributed by atoms with E-state index in [1.807, 2.05) is 29.7 Å². The fourth-order valence-electron chi connectivity index (χ4n) is 2.16. The number of fused-ring (bicyclic) bond motifs is 1. The summed E-state index contributed by atoms with van der Waals surface area (Å²) in [4.78, 5) is 3.04. The molecule has 0 atom stereocenters. The molecule has 0 saturated heterocycles. The number of imidazole rings is 1. The molecule has 0 amide bonds. The average molecular weight is 337 g/mol.